The fraction of sp³-hybridized carbons (Fsp3) is 0.167. The Morgan fingerprint density at radius 1 is 1.25 bits per heavy atom. The predicted octanol–water partition coefficient (Wildman–Crippen LogP) is 1.70. The summed E-state index contributed by atoms with van der Waals surface area (Å²) in [6, 6.07) is 7.83. The van der Waals surface area contributed by atoms with Crippen molar-refractivity contribution in [2.45, 2.75) is 6.54 Å². The van der Waals surface area contributed by atoms with Crippen molar-refractivity contribution in [3.63, 3.8) is 0 Å². The number of hydrogen-bond donors (Lipinski definition) is 1. The van der Waals surface area contributed by atoms with E-state index in [9.17, 15) is 0 Å². The van der Waals surface area contributed by atoms with Gasteiger partial charge in [-0.3, -0.25) is 4.98 Å². The zero-order valence-electron chi connectivity index (χ0n) is 9.17. The standard InChI is InChI=1S/C12H14N4/c1-16(12-8-14-6-7-15-12)9-10-4-2-3-5-11(10)13/h2-8H,9,13H2,1H3. The van der Waals surface area contributed by atoms with E-state index >= 15 is 0 Å². The van der Waals surface area contributed by atoms with Crippen molar-refractivity contribution in [1.29, 1.82) is 0 Å². The molecule has 82 valence electrons. The van der Waals surface area contributed by atoms with Crippen molar-refractivity contribution >= 4 is 11.5 Å². The molecule has 0 aliphatic heterocycles. The Bertz CT molecular complexity index is 456. The molecule has 2 aromatic rings. The number of aromatic nitrogens is 2. The zero-order chi connectivity index (χ0) is 11.4. The Morgan fingerprint density at radius 2 is 2.06 bits per heavy atom. The first-order valence-corrected chi connectivity index (χ1v) is 5.08. The number of para-hydroxylation sites is 1. The summed E-state index contributed by atoms with van der Waals surface area (Å²) in [4.78, 5) is 10.3. The molecule has 0 saturated carbocycles. The van der Waals surface area contributed by atoms with E-state index in [4.69, 9.17) is 5.73 Å². The van der Waals surface area contributed by atoms with Crippen molar-refractivity contribution in [2.24, 2.45) is 0 Å². The van der Waals surface area contributed by atoms with Crippen LogP contribution in [0.3, 0.4) is 0 Å². The van der Waals surface area contributed by atoms with Crippen LogP contribution in [0.1, 0.15) is 5.56 Å². The number of nitrogen functional groups attached to an aromatic ring is 1. The summed E-state index contributed by atoms with van der Waals surface area (Å²) in [7, 11) is 1.97. The monoisotopic (exact) mass is 214 g/mol. The van der Waals surface area contributed by atoms with E-state index in [2.05, 4.69) is 9.97 Å². The summed E-state index contributed by atoms with van der Waals surface area (Å²) in [5.74, 6) is 0.839. The molecule has 0 saturated heterocycles. The maximum atomic E-state index is 5.88. The van der Waals surface area contributed by atoms with Crippen molar-refractivity contribution in [2.75, 3.05) is 17.7 Å². The molecule has 0 bridgehead atoms. The molecule has 0 amide bonds. The molecule has 16 heavy (non-hydrogen) atoms. The van der Waals surface area contributed by atoms with Gasteiger partial charge in [-0.05, 0) is 11.6 Å². The highest BCUT2D eigenvalue weighted by molar-refractivity contribution is 5.48. The van der Waals surface area contributed by atoms with Gasteiger partial charge >= 0.3 is 0 Å². The summed E-state index contributed by atoms with van der Waals surface area (Å²) in [6.07, 6.45) is 5.08. The summed E-state index contributed by atoms with van der Waals surface area (Å²) in [5, 5.41) is 0. The normalized spacial score (nSPS) is 10.1. The van der Waals surface area contributed by atoms with Crippen LogP contribution in [0.4, 0.5) is 11.5 Å². The molecule has 0 spiro atoms. The molecule has 4 nitrogen and oxygen atoms in total. The number of rotatable bonds is 3. The first-order valence-electron chi connectivity index (χ1n) is 5.08. The molecule has 0 atom stereocenters. The molecule has 2 rings (SSSR count). The second-order valence-electron chi connectivity index (χ2n) is 3.62. The maximum Gasteiger partial charge on any atom is 0.147 e. The maximum absolute atomic E-state index is 5.88. The van der Waals surface area contributed by atoms with E-state index in [0.717, 1.165) is 23.6 Å². The minimum atomic E-state index is 0.728. The molecule has 0 aliphatic rings. The van der Waals surface area contributed by atoms with Crippen LogP contribution in [0, 0.1) is 0 Å². The van der Waals surface area contributed by atoms with E-state index in [1.807, 2.05) is 36.2 Å². The molecular formula is C12H14N4. The first-order chi connectivity index (χ1) is 7.77. The van der Waals surface area contributed by atoms with Crippen LogP contribution < -0.4 is 10.6 Å². The third kappa shape index (κ3) is 2.28. The van der Waals surface area contributed by atoms with E-state index in [1.54, 1.807) is 18.6 Å². The Balaban J connectivity index is 2.14. The van der Waals surface area contributed by atoms with Gasteiger partial charge in [0.05, 0.1) is 6.20 Å². The van der Waals surface area contributed by atoms with E-state index in [0.29, 0.717) is 0 Å². The average Bonchev–Trinajstić information content (AvgIpc) is 2.33. The number of nitrogens with zero attached hydrogens (tertiary/aromatic N) is 3. The van der Waals surface area contributed by atoms with Gasteiger partial charge in [-0.15, -0.1) is 0 Å². The van der Waals surface area contributed by atoms with Gasteiger partial charge in [0.2, 0.25) is 0 Å². The molecule has 1 aromatic carbocycles. The largest absolute Gasteiger partial charge is 0.398 e. The van der Waals surface area contributed by atoms with Crippen LogP contribution in [0.5, 0.6) is 0 Å². The average molecular weight is 214 g/mol. The highest BCUT2D eigenvalue weighted by atomic mass is 15.2. The Hall–Kier alpha value is -2.10. The molecule has 0 radical (unpaired) electrons. The van der Waals surface area contributed by atoms with Crippen molar-refractivity contribution in [3.05, 3.63) is 48.4 Å². The third-order valence-corrected chi connectivity index (χ3v) is 2.40. The van der Waals surface area contributed by atoms with Gasteiger partial charge in [0.25, 0.3) is 0 Å². The lowest BCUT2D eigenvalue weighted by molar-refractivity contribution is 0.892. The van der Waals surface area contributed by atoms with Gasteiger partial charge in [-0.25, -0.2) is 4.98 Å². The first kappa shape index (κ1) is 10.4. The second-order valence-corrected chi connectivity index (χ2v) is 3.62. The van der Waals surface area contributed by atoms with Gasteiger partial charge in [-0.1, -0.05) is 18.2 Å². The van der Waals surface area contributed by atoms with E-state index in [-0.39, 0.29) is 0 Å². The Kier molecular flexibility index (Phi) is 3.00. The molecule has 4 heteroatoms. The molecule has 0 fully saturated rings. The van der Waals surface area contributed by atoms with Crippen LogP contribution in [0.25, 0.3) is 0 Å². The van der Waals surface area contributed by atoms with Gasteiger partial charge in [0.15, 0.2) is 0 Å². The van der Waals surface area contributed by atoms with Gasteiger partial charge < -0.3 is 10.6 Å². The number of hydrogen-bond acceptors (Lipinski definition) is 4. The van der Waals surface area contributed by atoms with Crippen LogP contribution in [-0.2, 0) is 6.54 Å². The fourth-order valence-corrected chi connectivity index (χ4v) is 1.50. The summed E-state index contributed by atoms with van der Waals surface area (Å²) < 4.78 is 0. The van der Waals surface area contributed by atoms with Crippen LogP contribution in [0.15, 0.2) is 42.9 Å². The van der Waals surface area contributed by atoms with Gasteiger partial charge in [0, 0.05) is 31.7 Å². The van der Waals surface area contributed by atoms with Gasteiger partial charge in [0.1, 0.15) is 5.82 Å². The highest BCUT2D eigenvalue weighted by Gasteiger charge is 2.04. The lowest BCUT2D eigenvalue weighted by atomic mass is 10.2. The molecule has 2 N–H and O–H groups in total. The van der Waals surface area contributed by atoms with Crippen molar-refractivity contribution in [1.82, 2.24) is 9.97 Å². The van der Waals surface area contributed by atoms with Crippen LogP contribution in [-0.4, -0.2) is 17.0 Å². The molecule has 0 unspecified atom stereocenters. The highest BCUT2D eigenvalue weighted by Crippen LogP contribution is 2.15. The summed E-state index contributed by atoms with van der Waals surface area (Å²) in [5.41, 5.74) is 7.78. The second kappa shape index (κ2) is 4.61. The van der Waals surface area contributed by atoms with Gasteiger partial charge in [-0.2, -0.15) is 0 Å². The topological polar surface area (TPSA) is 55.0 Å². The van der Waals surface area contributed by atoms with Crippen molar-refractivity contribution in [3.8, 4) is 0 Å². The molecular weight excluding hydrogens is 200 g/mol. The lowest BCUT2D eigenvalue weighted by Crippen LogP contribution is -2.18. The number of nitrogens with two attached hydrogens (primary N) is 1. The van der Waals surface area contributed by atoms with Crippen LogP contribution in [0.2, 0.25) is 0 Å². The van der Waals surface area contributed by atoms with Crippen molar-refractivity contribution < 1.29 is 0 Å². The predicted molar refractivity (Wildman–Crippen MR) is 65.0 cm³/mol. The van der Waals surface area contributed by atoms with E-state index < -0.39 is 0 Å². The SMILES string of the molecule is CN(Cc1ccccc1N)c1cnccn1. The lowest BCUT2D eigenvalue weighted by Gasteiger charge is -2.18. The summed E-state index contributed by atoms with van der Waals surface area (Å²) in [6.45, 7) is 0.728. The minimum Gasteiger partial charge on any atom is -0.398 e. The smallest absolute Gasteiger partial charge is 0.147 e. The zero-order valence-corrected chi connectivity index (χ0v) is 9.17. The number of anilines is 2. The van der Waals surface area contributed by atoms with E-state index in [1.165, 1.54) is 0 Å². The molecule has 1 aromatic heterocycles. The Labute approximate surface area is 94.8 Å². The fourth-order valence-electron chi connectivity index (χ4n) is 1.50. The van der Waals surface area contributed by atoms with Crippen LogP contribution >= 0.6 is 0 Å². The molecule has 0 aliphatic carbocycles. The molecule has 1 heterocycles. The number of benzene rings is 1. The third-order valence-electron chi connectivity index (χ3n) is 2.40. The minimum absolute atomic E-state index is 0.728. The summed E-state index contributed by atoms with van der Waals surface area (Å²) >= 11 is 0. The quantitative estimate of drug-likeness (QED) is 0.790. The Morgan fingerprint density at radius 3 is 2.75 bits per heavy atom.